The monoisotopic (exact) mass is 368 g/mol. The van der Waals surface area contributed by atoms with E-state index in [0.29, 0.717) is 10.4 Å². The SMILES string of the molecule is O=[N+]([O-])c1c(Oc2ccc(F)c(Br)c2)ccc2scnc12. The summed E-state index contributed by atoms with van der Waals surface area (Å²) in [6.45, 7) is 0. The molecule has 2 aromatic carbocycles. The highest BCUT2D eigenvalue weighted by molar-refractivity contribution is 9.10. The molecule has 3 aromatic rings. The van der Waals surface area contributed by atoms with E-state index in [-0.39, 0.29) is 21.4 Å². The van der Waals surface area contributed by atoms with Crippen LogP contribution in [0, 0.1) is 15.9 Å². The average Bonchev–Trinajstić information content (AvgIpc) is 2.90. The molecule has 0 atom stereocenters. The van der Waals surface area contributed by atoms with Gasteiger partial charge in [0, 0.05) is 0 Å². The van der Waals surface area contributed by atoms with Gasteiger partial charge in [-0.05, 0) is 46.3 Å². The number of hydrogen-bond acceptors (Lipinski definition) is 5. The van der Waals surface area contributed by atoms with Crippen molar-refractivity contribution in [2.75, 3.05) is 0 Å². The third-order valence-corrected chi connectivity index (χ3v) is 4.14. The van der Waals surface area contributed by atoms with Gasteiger partial charge in [-0.3, -0.25) is 10.1 Å². The Hall–Kier alpha value is -2.06. The van der Waals surface area contributed by atoms with Crippen LogP contribution in [0.2, 0.25) is 0 Å². The number of halogens is 2. The minimum Gasteiger partial charge on any atom is -0.450 e. The van der Waals surface area contributed by atoms with Gasteiger partial charge in [0.1, 0.15) is 11.6 Å². The van der Waals surface area contributed by atoms with E-state index in [0.717, 1.165) is 0 Å². The van der Waals surface area contributed by atoms with E-state index in [1.165, 1.54) is 41.1 Å². The highest BCUT2D eigenvalue weighted by Gasteiger charge is 2.22. The van der Waals surface area contributed by atoms with Gasteiger partial charge in [0.2, 0.25) is 5.75 Å². The molecule has 106 valence electrons. The number of rotatable bonds is 3. The molecule has 8 heteroatoms. The molecule has 0 amide bonds. The normalized spacial score (nSPS) is 10.8. The Balaban J connectivity index is 2.09. The number of nitro groups is 1. The maximum absolute atomic E-state index is 13.2. The summed E-state index contributed by atoms with van der Waals surface area (Å²) >= 11 is 4.35. The Morgan fingerprint density at radius 3 is 2.86 bits per heavy atom. The molecule has 0 N–H and O–H groups in total. The summed E-state index contributed by atoms with van der Waals surface area (Å²) in [4.78, 5) is 14.7. The van der Waals surface area contributed by atoms with Crippen LogP contribution in [-0.2, 0) is 0 Å². The maximum Gasteiger partial charge on any atom is 0.338 e. The zero-order valence-electron chi connectivity index (χ0n) is 10.2. The molecule has 0 spiro atoms. The summed E-state index contributed by atoms with van der Waals surface area (Å²) in [6.07, 6.45) is 0. The molecule has 0 aliphatic heterocycles. The first kappa shape index (κ1) is 13.9. The molecule has 0 aliphatic rings. The van der Waals surface area contributed by atoms with Crippen LogP contribution >= 0.6 is 27.3 Å². The van der Waals surface area contributed by atoms with Gasteiger partial charge < -0.3 is 4.74 Å². The Morgan fingerprint density at radius 1 is 1.33 bits per heavy atom. The lowest BCUT2D eigenvalue weighted by Gasteiger charge is -2.07. The van der Waals surface area contributed by atoms with Crippen molar-refractivity contribution in [3.8, 4) is 11.5 Å². The number of nitro benzene ring substituents is 1. The fourth-order valence-electron chi connectivity index (χ4n) is 1.82. The first-order valence-corrected chi connectivity index (χ1v) is 7.37. The lowest BCUT2D eigenvalue weighted by Crippen LogP contribution is -1.95. The fraction of sp³-hybridized carbons (Fsp3) is 0. The lowest BCUT2D eigenvalue weighted by atomic mass is 10.2. The van der Waals surface area contributed by atoms with E-state index in [9.17, 15) is 14.5 Å². The van der Waals surface area contributed by atoms with Gasteiger partial charge in [-0.1, -0.05) is 0 Å². The van der Waals surface area contributed by atoms with Gasteiger partial charge >= 0.3 is 5.69 Å². The Morgan fingerprint density at radius 2 is 2.14 bits per heavy atom. The van der Waals surface area contributed by atoms with Gasteiger partial charge in [0.25, 0.3) is 0 Å². The van der Waals surface area contributed by atoms with Crippen LogP contribution in [-0.4, -0.2) is 9.91 Å². The standard InChI is InChI=1S/C13H6BrFN2O3S/c14-8-5-7(1-2-9(8)15)20-10-3-4-11-12(16-6-21-11)13(10)17(18)19/h1-6H. The summed E-state index contributed by atoms with van der Waals surface area (Å²) in [7, 11) is 0. The quantitative estimate of drug-likeness (QED) is 0.487. The number of nitrogens with zero attached hydrogens (tertiary/aromatic N) is 2. The van der Waals surface area contributed by atoms with Crippen molar-refractivity contribution in [1.82, 2.24) is 4.98 Å². The Kier molecular flexibility index (Phi) is 3.56. The summed E-state index contributed by atoms with van der Waals surface area (Å²) in [5, 5.41) is 11.3. The number of hydrogen-bond donors (Lipinski definition) is 0. The molecule has 0 bridgehead atoms. The minimum absolute atomic E-state index is 0.0666. The van der Waals surface area contributed by atoms with Crippen LogP contribution in [0.1, 0.15) is 0 Å². The number of aromatic nitrogens is 1. The van der Waals surface area contributed by atoms with Crippen LogP contribution in [0.5, 0.6) is 11.5 Å². The molecule has 1 aromatic heterocycles. The topological polar surface area (TPSA) is 65.3 Å². The van der Waals surface area contributed by atoms with Crippen molar-refractivity contribution in [3.05, 3.63) is 56.2 Å². The molecule has 0 saturated carbocycles. The first-order valence-electron chi connectivity index (χ1n) is 5.70. The highest BCUT2D eigenvalue weighted by Crippen LogP contribution is 2.38. The molecule has 0 saturated heterocycles. The molecule has 5 nitrogen and oxygen atoms in total. The number of benzene rings is 2. The smallest absolute Gasteiger partial charge is 0.338 e. The van der Waals surface area contributed by atoms with E-state index in [2.05, 4.69) is 20.9 Å². The molecule has 0 unspecified atom stereocenters. The van der Waals surface area contributed by atoms with Crippen LogP contribution in [0.25, 0.3) is 10.2 Å². The largest absolute Gasteiger partial charge is 0.450 e. The van der Waals surface area contributed by atoms with Crippen molar-refractivity contribution in [2.45, 2.75) is 0 Å². The van der Waals surface area contributed by atoms with Crippen LogP contribution in [0.3, 0.4) is 0 Å². The van der Waals surface area contributed by atoms with Crippen molar-refractivity contribution in [1.29, 1.82) is 0 Å². The zero-order valence-corrected chi connectivity index (χ0v) is 12.6. The van der Waals surface area contributed by atoms with E-state index in [1.807, 2.05) is 0 Å². The van der Waals surface area contributed by atoms with E-state index < -0.39 is 10.7 Å². The number of thiazole rings is 1. The number of ether oxygens (including phenoxy) is 1. The van der Waals surface area contributed by atoms with E-state index >= 15 is 0 Å². The zero-order chi connectivity index (χ0) is 15.0. The lowest BCUT2D eigenvalue weighted by molar-refractivity contribution is -0.384. The summed E-state index contributed by atoms with van der Waals surface area (Å²) in [6, 6.07) is 7.23. The molecule has 21 heavy (non-hydrogen) atoms. The Bertz CT molecular complexity index is 853. The molecule has 0 fully saturated rings. The minimum atomic E-state index is -0.532. The third-order valence-electron chi connectivity index (χ3n) is 2.74. The van der Waals surface area contributed by atoms with Crippen LogP contribution < -0.4 is 4.74 Å². The highest BCUT2D eigenvalue weighted by atomic mass is 79.9. The van der Waals surface area contributed by atoms with Gasteiger partial charge in [0.15, 0.2) is 5.52 Å². The van der Waals surface area contributed by atoms with Crippen molar-refractivity contribution >= 4 is 43.2 Å². The summed E-state index contributed by atoms with van der Waals surface area (Å²) in [5.41, 5.74) is 1.62. The second-order valence-electron chi connectivity index (χ2n) is 4.05. The molecule has 3 rings (SSSR count). The van der Waals surface area contributed by atoms with Gasteiger partial charge in [-0.15, -0.1) is 11.3 Å². The first-order chi connectivity index (χ1) is 10.1. The van der Waals surface area contributed by atoms with Gasteiger partial charge in [-0.25, -0.2) is 9.37 Å². The summed E-state index contributed by atoms with van der Waals surface area (Å²) < 4.78 is 19.6. The second-order valence-corrected chi connectivity index (χ2v) is 5.79. The van der Waals surface area contributed by atoms with Crippen molar-refractivity contribution in [3.63, 3.8) is 0 Å². The van der Waals surface area contributed by atoms with Crippen LogP contribution in [0.4, 0.5) is 10.1 Å². The molecular weight excluding hydrogens is 363 g/mol. The molecule has 1 heterocycles. The third kappa shape index (κ3) is 2.59. The molecule has 0 aliphatic carbocycles. The number of fused-ring (bicyclic) bond motifs is 1. The predicted molar refractivity (Wildman–Crippen MR) is 80.4 cm³/mol. The molecular formula is C13H6BrFN2O3S. The van der Waals surface area contributed by atoms with E-state index in [1.54, 1.807) is 6.07 Å². The van der Waals surface area contributed by atoms with E-state index in [4.69, 9.17) is 4.74 Å². The maximum atomic E-state index is 13.2. The van der Waals surface area contributed by atoms with Crippen molar-refractivity contribution < 1.29 is 14.1 Å². The average molecular weight is 369 g/mol. The Labute approximate surface area is 130 Å². The fourth-order valence-corrected chi connectivity index (χ4v) is 2.86. The van der Waals surface area contributed by atoms with Crippen molar-refractivity contribution in [2.24, 2.45) is 0 Å². The van der Waals surface area contributed by atoms with Gasteiger partial charge in [0.05, 0.1) is 19.6 Å². The predicted octanol–water partition coefficient (Wildman–Crippen LogP) is 4.90. The second kappa shape index (κ2) is 5.38. The summed E-state index contributed by atoms with van der Waals surface area (Å²) in [5.74, 6) is -0.0790. The van der Waals surface area contributed by atoms with Gasteiger partial charge in [-0.2, -0.15) is 0 Å². The van der Waals surface area contributed by atoms with Crippen LogP contribution in [0.15, 0.2) is 40.3 Å². The molecule has 0 radical (unpaired) electrons.